The van der Waals surface area contributed by atoms with Gasteiger partial charge in [-0.15, -0.1) is 11.5 Å². The molecule has 0 atom stereocenters. The standard InChI is InChI=1S/C38H60N2.C12H18O2.Ni/c1-6-11-16-17-18-19-24-38(40-37-28-26-33(21-13-8-3)35(30-37)23-15-10-5)31-39-36-27-25-32(20-12-7-2)34(29-36)22-14-9-4;1-3-4-5-6-10-7-9(2)12(14)11(13)8-10;/h25-31H,6-24H2,1-5H3;7-8,13-14H,3-6H2,1-2H3;/q;;+2/p-2. The number of aryl methyl sites for hydroxylation is 6. The third-order valence-corrected chi connectivity index (χ3v) is 10.4. The van der Waals surface area contributed by atoms with Crippen LogP contribution in [-0.2, 0) is 48.6 Å². The van der Waals surface area contributed by atoms with E-state index in [0.717, 1.165) is 54.8 Å². The van der Waals surface area contributed by atoms with Crippen LogP contribution in [0.15, 0.2) is 58.5 Å². The SMILES string of the molecule is CCCCCCCCC(C=Nc1ccc(CCCC)c(CCCC)c1)=Nc1ccc(CCCC)c(CCCC)c1.CCCCCc1cc(C)c([O-])c([O-])c1.[Ni+2]. The molecule has 0 bridgehead atoms. The molecule has 0 fully saturated rings. The summed E-state index contributed by atoms with van der Waals surface area (Å²) >= 11 is 0. The van der Waals surface area contributed by atoms with E-state index in [-0.39, 0.29) is 28.0 Å². The zero-order valence-electron chi connectivity index (χ0n) is 36.0. The average Bonchev–Trinajstić information content (AvgIpc) is 3.18. The van der Waals surface area contributed by atoms with Crippen LogP contribution in [0.5, 0.6) is 11.5 Å². The minimum Gasteiger partial charge on any atom is -0.873 e. The summed E-state index contributed by atoms with van der Waals surface area (Å²) in [4.78, 5) is 10.2. The summed E-state index contributed by atoms with van der Waals surface area (Å²) in [6.45, 7) is 15.3. The van der Waals surface area contributed by atoms with E-state index in [0.29, 0.717) is 5.56 Å². The Kier molecular flexibility index (Phi) is 28.4. The molecule has 3 rings (SSSR count). The minimum absolute atomic E-state index is 0. The van der Waals surface area contributed by atoms with Crippen molar-refractivity contribution in [2.24, 2.45) is 9.98 Å². The van der Waals surface area contributed by atoms with Crippen LogP contribution in [0.1, 0.15) is 190 Å². The Bertz CT molecular complexity index is 1490. The third-order valence-electron chi connectivity index (χ3n) is 10.4. The van der Waals surface area contributed by atoms with Crippen LogP contribution in [0.2, 0.25) is 0 Å². The molecule has 55 heavy (non-hydrogen) atoms. The van der Waals surface area contributed by atoms with Gasteiger partial charge in [-0.2, -0.15) is 0 Å². The van der Waals surface area contributed by atoms with Gasteiger partial charge in [0, 0.05) is 6.21 Å². The monoisotopic (exact) mass is 795 g/mol. The van der Waals surface area contributed by atoms with Gasteiger partial charge in [-0.25, -0.2) is 0 Å². The Balaban J connectivity index is 0.000000846. The van der Waals surface area contributed by atoms with Crippen LogP contribution in [0.4, 0.5) is 11.4 Å². The van der Waals surface area contributed by atoms with E-state index in [9.17, 15) is 10.2 Å². The van der Waals surface area contributed by atoms with Gasteiger partial charge in [0.15, 0.2) is 0 Å². The molecule has 3 aromatic carbocycles. The number of nitrogens with zero attached hydrogens (tertiary/aromatic N) is 2. The van der Waals surface area contributed by atoms with Crippen LogP contribution in [0, 0.1) is 6.92 Å². The van der Waals surface area contributed by atoms with E-state index in [1.165, 1.54) is 144 Å². The molecule has 0 saturated heterocycles. The first kappa shape index (κ1) is 50.1. The summed E-state index contributed by atoms with van der Waals surface area (Å²) < 4.78 is 0. The number of hydrogen-bond donors (Lipinski definition) is 0. The number of rotatable bonds is 26. The number of unbranched alkanes of at least 4 members (excludes halogenated alkanes) is 11. The fourth-order valence-electron chi connectivity index (χ4n) is 6.88. The van der Waals surface area contributed by atoms with Gasteiger partial charge >= 0.3 is 16.5 Å². The summed E-state index contributed by atoms with van der Waals surface area (Å²) in [5, 5.41) is 22.3. The molecule has 0 unspecified atom stereocenters. The molecule has 0 aliphatic heterocycles. The van der Waals surface area contributed by atoms with Crippen molar-refractivity contribution in [3.63, 3.8) is 0 Å². The van der Waals surface area contributed by atoms with Crippen molar-refractivity contribution in [3.05, 3.63) is 81.9 Å². The average molecular weight is 796 g/mol. The number of aliphatic imine (C=N–C) groups is 2. The largest absolute Gasteiger partial charge is 2.00 e. The Hall–Kier alpha value is -2.91. The van der Waals surface area contributed by atoms with Gasteiger partial charge in [0.25, 0.3) is 0 Å². The third kappa shape index (κ3) is 20.7. The van der Waals surface area contributed by atoms with Crippen LogP contribution in [0.3, 0.4) is 0 Å². The zero-order chi connectivity index (χ0) is 39.4. The van der Waals surface area contributed by atoms with E-state index in [1.54, 1.807) is 6.92 Å². The second-order valence-corrected chi connectivity index (χ2v) is 15.4. The molecule has 0 heterocycles. The fourth-order valence-corrected chi connectivity index (χ4v) is 6.88. The van der Waals surface area contributed by atoms with Crippen molar-refractivity contribution >= 4 is 23.3 Å². The van der Waals surface area contributed by atoms with E-state index in [4.69, 9.17) is 9.98 Å². The van der Waals surface area contributed by atoms with Crippen LogP contribution in [-0.4, -0.2) is 11.9 Å². The van der Waals surface area contributed by atoms with Crippen molar-refractivity contribution in [2.45, 2.75) is 196 Å². The molecule has 3 aromatic rings. The van der Waals surface area contributed by atoms with Crippen LogP contribution >= 0.6 is 0 Å². The van der Waals surface area contributed by atoms with Gasteiger partial charge < -0.3 is 10.2 Å². The smallest absolute Gasteiger partial charge is 0.873 e. The summed E-state index contributed by atoms with van der Waals surface area (Å²) in [6, 6.07) is 17.1. The van der Waals surface area contributed by atoms with Crippen LogP contribution < -0.4 is 10.2 Å². The Morgan fingerprint density at radius 3 is 1.53 bits per heavy atom. The molecule has 5 heteroatoms. The first-order valence-corrected chi connectivity index (χ1v) is 22.1. The molecule has 0 aliphatic rings. The molecular weight excluding hydrogens is 719 g/mol. The van der Waals surface area contributed by atoms with Crippen LogP contribution in [0.25, 0.3) is 0 Å². The van der Waals surface area contributed by atoms with E-state index in [2.05, 4.69) is 84.2 Å². The number of benzene rings is 3. The van der Waals surface area contributed by atoms with Crippen molar-refractivity contribution in [1.29, 1.82) is 0 Å². The first-order chi connectivity index (χ1) is 26.3. The molecular formula is C50H76N2NiO2. The Labute approximate surface area is 348 Å². The van der Waals surface area contributed by atoms with E-state index >= 15 is 0 Å². The molecule has 0 aromatic heterocycles. The Morgan fingerprint density at radius 1 is 0.509 bits per heavy atom. The summed E-state index contributed by atoms with van der Waals surface area (Å²) in [5.74, 6) is -0.722. The second-order valence-electron chi connectivity index (χ2n) is 15.4. The van der Waals surface area contributed by atoms with E-state index in [1.807, 2.05) is 6.07 Å². The normalized spacial score (nSPS) is 11.4. The molecule has 4 nitrogen and oxygen atoms in total. The second kappa shape index (κ2) is 31.2. The maximum Gasteiger partial charge on any atom is 2.00 e. The van der Waals surface area contributed by atoms with Crippen molar-refractivity contribution in [2.75, 3.05) is 0 Å². The summed E-state index contributed by atoms with van der Waals surface area (Å²) in [7, 11) is 0. The molecule has 308 valence electrons. The van der Waals surface area contributed by atoms with Gasteiger partial charge in [0.2, 0.25) is 0 Å². The van der Waals surface area contributed by atoms with Crippen molar-refractivity contribution in [3.8, 4) is 11.5 Å². The fraction of sp³-hybridized carbons (Fsp3) is 0.600. The van der Waals surface area contributed by atoms with Gasteiger partial charge in [0.05, 0.1) is 17.1 Å². The molecule has 0 N–H and O–H groups in total. The molecule has 0 amide bonds. The van der Waals surface area contributed by atoms with E-state index < -0.39 is 0 Å². The van der Waals surface area contributed by atoms with Gasteiger partial charge in [0.1, 0.15) is 0 Å². The predicted molar refractivity (Wildman–Crippen MR) is 234 cm³/mol. The van der Waals surface area contributed by atoms with Gasteiger partial charge in [-0.1, -0.05) is 142 Å². The van der Waals surface area contributed by atoms with Crippen molar-refractivity contribution < 1.29 is 26.7 Å². The first-order valence-electron chi connectivity index (χ1n) is 22.1. The maximum atomic E-state index is 11.2. The topological polar surface area (TPSA) is 70.8 Å². The molecule has 0 spiro atoms. The van der Waals surface area contributed by atoms with Gasteiger partial charge in [-0.3, -0.25) is 9.98 Å². The summed E-state index contributed by atoms with van der Waals surface area (Å²) in [5.41, 5.74) is 10.9. The molecule has 0 radical (unpaired) electrons. The summed E-state index contributed by atoms with van der Waals surface area (Å²) in [6.07, 6.45) is 29.8. The zero-order valence-corrected chi connectivity index (χ0v) is 37.0. The van der Waals surface area contributed by atoms with Crippen molar-refractivity contribution in [1.82, 2.24) is 0 Å². The molecule has 0 saturated carbocycles. The Morgan fingerprint density at radius 2 is 0.982 bits per heavy atom. The number of hydrogen-bond acceptors (Lipinski definition) is 4. The molecule has 0 aliphatic carbocycles. The predicted octanol–water partition coefficient (Wildman–Crippen LogP) is 14.2. The minimum atomic E-state index is -0.364. The maximum absolute atomic E-state index is 11.2. The quantitative estimate of drug-likeness (QED) is 0.0461. The van der Waals surface area contributed by atoms with Gasteiger partial charge in [-0.05, 0) is 136 Å².